The minimum absolute atomic E-state index is 0.426. The van der Waals surface area contributed by atoms with Crippen LogP contribution in [-0.2, 0) is 0 Å². The van der Waals surface area contributed by atoms with E-state index in [-0.39, 0.29) is 0 Å². The van der Waals surface area contributed by atoms with E-state index in [0.717, 1.165) is 35.5 Å². The maximum atomic E-state index is 2.65. The van der Waals surface area contributed by atoms with Crippen LogP contribution in [0.15, 0.2) is 0 Å². The van der Waals surface area contributed by atoms with Gasteiger partial charge in [-0.2, -0.15) is 0 Å². The lowest BCUT2D eigenvalue weighted by molar-refractivity contribution is 0.00642. The maximum Gasteiger partial charge on any atom is -0.0246 e. The monoisotopic (exact) mass is 360 g/mol. The van der Waals surface area contributed by atoms with E-state index in [1.807, 2.05) is 0 Å². The maximum absolute atomic E-state index is 2.65. The first-order valence-corrected chi connectivity index (χ1v) is 12.1. The third kappa shape index (κ3) is 3.00. The fourth-order valence-corrected chi connectivity index (χ4v) is 8.02. The van der Waals surface area contributed by atoms with Gasteiger partial charge in [0.05, 0.1) is 0 Å². The topological polar surface area (TPSA) is 0 Å². The summed E-state index contributed by atoms with van der Waals surface area (Å²) >= 11 is 0. The predicted molar refractivity (Wildman–Crippen MR) is 115 cm³/mol. The van der Waals surface area contributed by atoms with Crippen molar-refractivity contribution in [3.63, 3.8) is 0 Å². The summed E-state index contributed by atoms with van der Waals surface area (Å²) in [5.74, 6) is 5.81. The molecule has 26 heavy (non-hydrogen) atoms. The highest BCUT2D eigenvalue weighted by Gasteiger charge is 2.65. The van der Waals surface area contributed by atoms with Crippen molar-refractivity contribution in [2.24, 2.45) is 51.8 Å². The zero-order valence-electron chi connectivity index (χ0n) is 19.3. The Morgan fingerprint density at radius 3 is 1.88 bits per heavy atom. The highest BCUT2D eigenvalue weighted by Crippen LogP contribution is 2.72. The molecule has 0 heterocycles. The average Bonchev–Trinajstić information content (AvgIpc) is 2.70. The lowest BCUT2D eigenvalue weighted by Crippen LogP contribution is -2.41. The fourth-order valence-electron chi connectivity index (χ4n) is 8.02. The first-order chi connectivity index (χ1) is 12.1. The molecule has 0 N–H and O–H groups in total. The van der Waals surface area contributed by atoms with Crippen LogP contribution >= 0.6 is 0 Å². The van der Waals surface area contributed by atoms with Crippen molar-refractivity contribution in [1.29, 1.82) is 0 Å². The van der Waals surface area contributed by atoms with Gasteiger partial charge in [0, 0.05) is 0 Å². The summed E-state index contributed by atoms with van der Waals surface area (Å²) in [5.41, 5.74) is 1.35. The van der Waals surface area contributed by atoms with Gasteiger partial charge < -0.3 is 0 Å². The molecule has 0 aromatic carbocycles. The van der Waals surface area contributed by atoms with E-state index in [4.69, 9.17) is 0 Å². The van der Waals surface area contributed by atoms with Crippen LogP contribution in [0.4, 0.5) is 0 Å². The molecule has 5 atom stereocenters. The molecule has 0 aromatic rings. The highest BCUT2D eigenvalue weighted by molar-refractivity contribution is 5.14. The van der Waals surface area contributed by atoms with Crippen molar-refractivity contribution in [2.45, 2.75) is 113 Å². The lowest BCUT2D eigenvalue weighted by Gasteiger charge is -2.48. The Morgan fingerprint density at radius 1 is 0.808 bits per heavy atom. The van der Waals surface area contributed by atoms with Gasteiger partial charge in [0.2, 0.25) is 0 Å². The molecule has 3 saturated carbocycles. The third-order valence-corrected chi connectivity index (χ3v) is 11.0. The van der Waals surface area contributed by atoms with E-state index < -0.39 is 0 Å². The van der Waals surface area contributed by atoms with E-state index in [9.17, 15) is 0 Å². The molecule has 3 rings (SSSR count). The van der Waals surface area contributed by atoms with Crippen LogP contribution in [-0.4, -0.2) is 0 Å². The molecule has 0 bridgehead atoms. The molecule has 0 aromatic heterocycles. The van der Waals surface area contributed by atoms with Crippen molar-refractivity contribution in [3.8, 4) is 0 Å². The van der Waals surface area contributed by atoms with Gasteiger partial charge in [-0.1, -0.05) is 100 Å². The molecule has 3 aliphatic rings. The van der Waals surface area contributed by atoms with E-state index >= 15 is 0 Å². The van der Waals surface area contributed by atoms with Crippen molar-refractivity contribution in [1.82, 2.24) is 0 Å². The Morgan fingerprint density at radius 2 is 1.35 bits per heavy atom. The number of rotatable bonds is 4. The van der Waals surface area contributed by atoms with Gasteiger partial charge in [-0.3, -0.25) is 0 Å². The summed E-state index contributed by atoms with van der Waals surface area (Å²) in [6.45, 7) is 20.7. The summed E-state index contributed by atoms with van der Waals surface area (Å²) in [5, 5.41) is 0. The molecule has 0 radical (unpaired) electrons. The summed E-state index contributed by atoms with van der Waals surface area (Å²) < 4.78 is 0. The second-order valence-corrected chi connectivity index (χ2v) is 12.2. The molecule has 0 spiro atoms. The van der Waals surface area contributed by atoms with Crippen molar-refractivity contribution in [2.75, 3.05) is 0 Å². The minimum atomic E-state index is 0.426. The van der Waals surface area contributed by atoms with E-state index in [0.29, 0.717) is 16.2 Å². The zero-order chi connectivity index (χ0) is 19.3. The Kier molecular flexibility index (Phi) is 5.67. The highest BCUT2D eigenvalue weighted by atomic mass is 14.7. The summed E-state index contributed by atoms with van der Waals surface area (Å²) in [4.78, 5) is 0. The Labute approximate surface area is 165 Å². The minimum Gasteiger partial charge on any atom is -0.0654 e. The van der Waals surface area contributed by atoms with Gasteiger partial charge >= 0.3 is 0 Å². The molecule has 5 unspecified atom stereocenters. The van der Waals surface area contributed by atoms with Crippen molar-refractivity contribution in [3.05, 3.63) is 0 Å². The Bertz CT molecular complexity index is 476. The fraction of sp³-hybridized carbons (Fsp3) is 1.00. The van der Waals surface area contributed by atoms with Gasteiger partial charge in [0.15, 0.2) is 0 Å². The summed E-state index contributed by atoms with van der Waals surface area (Å²) in [6.07, 6.45) is 13.4. The summed E-state index contributed by atoms with van der Waals surface area (Å²) in [7, 11) is 0. The molecule has 0 aliphatic heterocycles. The van der Waals surface area contributed by atoms with E-state index in [1.165, 1.54) is 57.8 Å². The normalized spacial score (nSPS) is 40.2. The second-order valence-electron chi connectivity index (χ2n) is 12.2. The third-order valence-electron chi connectivity index (χ3n) is 11.0. The summed E-state index contributed by atoms with van der Waals surface area (Å²) in [6, 6.07) is 0. The SMILES string of the molecule is CCCC1CC2C(CC1C(C)C1CCCCC1)C(C)(C)C(C)(C)C2(C)C. The van der Waals surface area contributed by atoms with Gasteiger partial charge in [0.1, 0.15) is 0 Å². The number of fused-ring (bicyclic) bond motifs is 1. The molecular weight excluding hydrogens is 312 g/mol. The zero-order valence-corrected chi connectivity index (χ0v) is 19.3. The van der Waals surface area contributed by atoms with E-state index in [2.05, 4.69) is 55.4 Å². The van der Waals surface area contributed by atoms with Gasteiger partial charge in [-0.15, -0.1) is 0 Å². The van der Waals surface area contributed by atoms with Gasteiger partial charge in [-0.05, 0) is 64.6 Å². The Balaban J connectivity index is 1.88. The van der Waals surface area contributed by atoms with Crippen LogP contribution in [0.25, 0.3) is 0 Å². The molecule has 0 amide bonds. The number of hydrogen-bond donors (Lipinski definition) is 0. The molecule has 0 saturated heterocycles. The van der Waals surface area contributed by atoms with Crippen LogP contribution in [0.2, 0.25) is 0 Å². The largest absolute Gasteiger partial charge is 0.0654 e. The molecule has 152 valence electrons. The molecule has 3 aliphatic carbocycles. The van der Waals surface area contributed by atoms with Crippen molar-refractivity contribution >= 4 is 0 Å². The first-order valence-electron chi connectivity index (χ1n) is 12.1. The van der Waals surface area contributed by atoms with Gasteiger partial charge in [0.25, 0.3) is 0 Å². The second kappa shape index (κ2) is 7.11. The first kappa shape index (κ1) is 20.7. The quantitative estimate of drug-likeness (QED) is 0.472. The average molecular weight is 361 g/mol. The number of hydrogen-bond acceptors (Lipinski definition) is 0. The molecule has 3 fully saturated rings. The smallest absolute Gasteiger partial charge is 0.0246 e. The van der Waals surface area contributed by atoms with Gasteiger partial charge in [-0.25, -0.2) is 0 Å². The van der Waals surface area contributed by atoms with Crippen LogP contribution in [0.1, 0.15) is 113 Å². The predicted octanol–water partition coefficient (Wildman–Crippen LogP) is 8.35. The van der Waals surface area contributed by atoms with Crippen LogP contribution in [0.5, 0.6) is 0 Å². The molecule has 0 nitrogen and oxygen atoms in total. The molecule has 0 heteroatoms. The van der Waals surface area contributed by atoms with Crippen LogP contribution in [0, 0.1) is 51.8 Å². The van der Waals surface area contributed by atoms with Crippen LogP contribution in [0.3, 0.4) is 0 Å². The van der Waals surface area contributed by atoms with Crippen molar-refractivity contribution < 1.29 is 0 Å². The van der Waals surface area contributed by atoms with E-state index in [1.54, 1.807) is 0 Å². The lowest BCUT2D eigenvalue weighted by atomic mass is 9.56. The Hall–Kier alpha value is 0. The standard InChI is InChI=1S/C26H48/c1-9-13-20-16-22-23(25(5,6)26(7,8)24(22,3)4)17-21(20)18(2)19-14-11-10-12-15-19/h18-23H,9-17H2,1-8H3. The molecular formula is C26H48. The van der Waals surface area contributed by atoms with Crippen LogP contribution < -0.4 is 0 Å².